The highest BCUT2D eigenvalue weighted by Gasteiger charge is 2.33. The van der Waals surface area contributed by atoms with Gasteiger partial charge in [0.15, 0.2) is 0 Å². The molecule has 0 spiro atoms. The maximum atomic E-state index is 12.8. The van der Waals surface area contributed by atoms with E-state index in [1.807, 2.05) is 11.8 Å². The first-order valence-corrected chi connectivity index (χ1v) is 8.86. The van der Waals surface area contributed by atoms with Crippen LogP contribution in [0.3, 0.4) is 0 Å². The lowest BCUT2D eigenvalue weighted by Gasteiger charge is -2.34. The van der Waals surface area contributed by atoms with Gasteiger partial charge in [-0.2, -0.15) is 0 Å². The van der Waals surface area contributed by atoms with Gasteiger partial charge >= 0.3 is 0 Å². The molecule has 1 saturated carbocycles. The summed E-state index contributed by atoms with van der Waals surface area (Å²) in [7, 11) is 0. The van der Waals surface area contributed by atoms with E-state index in [0.717, 1.165) is 32.0 Å². The first-order valence-electron chi connectivity index (χ1n) is 8.86. The third kappa shape index (κ3) is 4.08. The van der Waals surface area contributed by atoms with Crippen molar-refractivity contribution in [1.29, 1.82) is 0 Å². The highest BCUT2D eigenvalue weighted by Crippen LogP contribution is 2.32. The Labute approximate surface area is 139 Å². The molecule has 0 radical (unpaired) electrons. The lowest BCUT2D eigenvalue weighted by atomic mass is 10.0. The van der Waals surface area contributed by atoms with Crippen LogP contribution in [0.4, 0.5) is 0 Å². The fourth-order valence-electron chi connectivity index (χ4n) is 3.42. The number of rotatable bonds is 4. The summed E-state index contributed by atoms with van der Waals surface area (Å²) in [5.41, 5.74) is 0.605. The summed E-state index contributed by atoms with van der Waals surface area (Å²) in [6, 6.07) is 0.452. The lowest BCUT2D eigenvalue weighted by Crippen LogP contribution is -2.46. The summed E-state index contributed by atoms with van der Waals surface area (Å²) in [5, 5.41) is 0. The van der Waals surface area contributed by atoms with Crippen molar-refractivity contribution in [3.05, 3.63) is 23.8 Å². The average molecular weight is 316 g/mol. The molecule has 126 valence electrons. The van der Waals surface area contributed by atoms with E-state index in [9.17, 15) is 4.79 Å². The van der Waals surface area contributed by atoms with Crippen LogP contribution < -0.4 is 0 Å². The predicted octanol–water partition coefficient (Wildman–Crippen LogP) is 2.37. The van der Waals surface area contributed by atoms with Gasteiger partial charge in [0.05, 0.1) is 5.56 Å². The molecule has 2 heterocycles. The van der Waals surface area contributed by atoms with Gasteiger partial charge in [0.2, 0.25) is 0 Å². The molecule has 3 rings (SSSR count). The van der Waals surface area contributed by atoms with Crippen molar-refractivity contribution in [3.63, 3.8) is 0 Å². The zero-order valence-electron chi connectivity index (χ0n) is 14.5. The van der Waals surface area contributed by atoms with Gasteiger partial charge < -0.3 is 4.90 Å². The topological polar surface area (TPSA) is 49.3 Å². The van der Waals surface area contributed by atoms with Crippen LogP contribution in [0.25, 0.3) is 0 Å². The summed E-state index contributed by atoms with van der Waals surface area (Å²) >= 11 is 0. The number of nitrogens with zero attached hydrogens (tertiary/aromatic N) is 4. The largest absolute Gasteiger partial charge is 0.337 e. The van der Waals surface area contributed by atoms with Gasteiger partial charge in [-0.3, -0.25) is 9.69 Å². The van der Waals surface area contributed by atoms with Gasteiger partial charge in [0, 0.05) is 44.6 Å². The van der Waals surface area contributed by atoms with Gasteiger partial charge in [-0.1, -0.05) is 13.8 Å². The molecule has 1 saturated heterocycles. The normalized spacial score (nSPS) is 23.1. The van der Waals surface area contributed by atoms with Crippen molar-refractivity contribution in [2.24, 2.45) is 11.8 Å². The van der Waals surface area contributed by atoms with E-state index in [4.69, 9.17) is 0 Å². The molecular weight excluding hydrogens is 288 g/mol. The standard InChI is InChI=1S/C18H28N4O/c1-13(2)17-12-22(8-4-7-21(17)11-15-5-6-15)18(23)16-9-19-14(3)20-10-16/h9-10,13,15,17H,4-8,11-12H2,1-3H3. The quantitative estimate of drug-likeness (QED) is 0.856. The third-order valence-electron chi connectivity index (χ3n) is 5.02. The second-order valence-corrected chi connectivity index (χ2v) is 7.37. The van der Waals surface area contributed by atoms with Gasteiger partial charge in [-0.15, -0.1) is 0 Å². The van der Waals surface area contributed by atoms with Crippen molar-refractivity contribution in [2.75, 3.05) is 26.2 Å². The van der Waals surface area contributed by atoms with Crippen molar-refractivity contribution in [3.8, 4) is 0 Å². The minimum Gasteiger partial charge on any atom is -0.337 e. The molecule has 0 bridgehead atoms. The van der Waals surface area contributed by atoms with Crippen LogP contribution in [0, 0.1) is 18.8 Å². The minimum absolute atomic E-state index is 0.0731. The Morgan fingerprint density at radius 2 is 1.96 bits per heavy atom. The smallest absolute Gasteiger partial charge is 0.257 e. The number of hydrogen-bond acceptors (Lipinski definition) is 4. The number of hydrogen-bond donors (Lipinski definition) is 0. The molecule has 5 nitrogen and oxygen atoms in total. The molecular formula is C18H28N4O. The Balaban J connectivity index is 1.72. The summed E-state index contributed by atoms with van der Waals surface area (Å²) in [5.74, 6) is 2.22. The van der Waals surface area contributed by atoms with E-state index < -0.39 is 0 Å². The molecule has 2 aliphatic rings. The van der Waals surface area contributed by atoms with Crippen molar-refractivity contribution >= 4 is 5.91 Å². The minimum atomic E-state index is 0.0731. The van der Waals surface area contributed by atoms with Crippen LogP contribution >= 0.6 is 0 Å². The van der Waals surface area contributed by atoms with Gasteiger partial charge in [0.1, 0.15) is 5.82 Å². The van der Waals surface area contributed by atoms with Gasteiger partial charge in [-0.05, 0) is 38.0 Å². The highest BCUT2D eigenvalue weighted by molar-refractivity contribution is 5.93. The maximum Gasteiger partial charge on any atom is 0.257 e. The molecule has 1 aliphatic heterocycles. The number of aromatic nitrogens is 2. The summed E-state index contributed by atoms with van der Waals surface area (Å²) in [6.07, 6.45) is 7.12. The Hall–Kier alpha value is -1.49. The van der Waals surface area contributed by atoms with Crippen LogP contribution in [-0.2, 0) is 0 Å². The Bertz CT molecular complexity index is 538. The van der Waals surface area contributed by atoms with Crippen LogP contribution in [0.15, 0.2) is 12.4 Å². The molecule has 1 amide bonds. The fourth-order valence-corrected chi connectivity index (χ4v) is 3.42. The molecule has 1 aliphatic carbocycles. The molecule has 1 aromatic heterocycles. The van der Waals surface area contributed by atoms with Crippen molar-refractivity contribution in [1.82, 2.24) is 19.8 Å². The van der Waals surface area contributed by atoms with Crippen LogP contribution in [0.2, 0.25) is 0 Å². The van der Waals surface area contributed by atoms with Crippen LogP contribution in [-0.4, -0.2) is 57.9 Å². The highest BCUT2D eigenvalue weighted by atomic mass is 16.2. The molecule has 1 unspecified atom stereocenters. The zero-order chi connectivity index (χ0) is 16.4. The Kier molecular flexibility index (Phi) is 4.95. The average Bonchev–Trinajstić information content (AvgIpc) is 3.34. The second-order valence-electron chi connectivity index (χ2n) is 7.37. The van der Waals surface area contributed by atoms with Gasteiger partial charge in [0.25, 0.3) is 5.91 Å². The first kappa shape index (κ1) is 16.4. The monoisotopic (exact) mass is 316 g/mol. The molecule has 1 atom stereocenters. The maximum absolute atomic E-state index is 12.8. The van der Waals surface area contributed by atoms with Crippen molar-refractivity contribution in [2.45, 2.75) is 46.1 Å². The van der Waals surface area contributed by atoms with Crippen LogP contribution in [0.1, 0.15) is 49.3 Å². The summed E-state index contributed by atoms with van der Waals surface area (Å²) < 4.78 is 0. The van der Waals surface area contributed by atoms with Crippen molar-refractivity contribution < 1.29 is 4.79 Å². The molecule has 23 heavy (non-hydrogen) atoms. The fraction of sp³-hybridized carbons (Fsp3) is 0.722. The SMILES string of the molecule is Cc1ncc(C(=O)N2CCCN(CC3CC3)C(C(C)C)C2)cn1. The number of aryl methyl sites for hydroxylation is 1. The number of carbonyl (C=O) groups is 1. The van der Waals surface area contributed by atoms with Crippen LogP contribution in [0.5, 0.6) is 0 Å². The molecule has 1 aromatic rings. The summed E-state index contributed by atoms with van der Waals surface area (Å²) in [4.78, 5) is 25.8. The number of amides is 1. The van der Waals surface area contributed by atoms with E-state index in [1.165, 1.54) is 19.4 Å². The third-order valence-corrected chi connectivity index (χ3v) is 5.02. The van der Waals surface area contributed by atoms with E-state index in [2.05, 4.69) is 28.7 Å². The van der Waals surface area contributed by atoms with E-state index in [1.54, 1.807) is 12.4 Å². The first-order chi connectivity index (χ1) is 11.0. The second kappa shape index (κ2) is 6.95. The molecule has 2 fully saturated rings. The van der Waals surface area contributed by atoms with Gasteiger partial charge in [-0.25, -0.2) is 9.97 Å². The Morgan fingerprint density at radius 1 is 1.26 bits per heavy atom. The van der Waals surface area contributed by atoms with E-state index in [-0.39, 0.29) is 5.91 Å². The molecule has 5 heteroatoms. The molecule has 0 aromatic carbocycles. The number of carbonyl (C=O) groups excluding carboxylic acids is 1. The lowest BCUT2D eigenvalue weighted by molar-refractivity contribution is 0.0703. The predicted molar refractivity (Wildman–Crippen MR) is 90.2 cm³/mol. The Morgan fingerprint density at radius 3 is 2.57 bits per heavy atom. The van der Waals surface area contributed by atoms with E-state index in [0.29, 0.717) is 23.3 Å². The molecule has 0 N–H and O–H groups in total. The zero-order valence-corrected chi connectivity index (χ0v) is 14.5. The summed E-state index contributed by atoms with van der Waals surface area (Å²) in [6.45, 7) is 10.3. The van der Waals surface area contributed by atoms with E-state index >= 15 is 0 Å².